The van der Waals surface area contributed by atoms with Gasteiger partial charge in [-0.2, -0.15) is 0 Å². The molecule has 1 saturated heterocycles. The molecule has 1 N–H and O–H groups in total. The molecule has 9 heteroatoms. The molecule has 162 valence electrons. The van der Waals surface area contributed by atoms with Crippen molar-refractivity contribution in [3.63, 3.8) is 0 Å². The fourth-order valence-corrected chi connectivity index (χ4v) is 4.40. The van der Waals surface area contributed by atoms with Gasteiger partial charge in [0.1, 0.15) is 12.4 Å². The molecule has 0 unspecified atom stereocenters. The molecule has 0 aliphatic carbocycles. The lowest BCUT2D eigenvalue weighted by Gasteiger charge is -2.11. The van der Waals surface area contributed by atoms with Crippen molar-refractivity contribution in [3.05, 3.63) is 67.6 Å². The van der Waals surface area contributed by atoms with Crippen molar-refractivity contribution in [1.29, 1.82) is 0 Å². The molecule has 7 nitrogen and oxygen atoms in total. The molecule has 0 aromatic heterocycles. The zero-order valence-electron chi connectivity index (χ0n) is 16.7. The van der Waals surface area contributed by atoms with Gasteiger partial charge in [0, 0.05) is 20.3 Å². The molecule has 0 spiro atoms. The van der Waals surface area contributed by atoms with Gasteiger partial charge in [0.25, 0.3) is 11.1 Å². The van der Waals surface area contributed by atoms with Crippen molar-refractivity contribution >= 4 is 57.5 Å². The summed E-state index contributed by atoms with van der Waals surface area (Å²) in [6, 6.07) is 12.0. The summed E-state index contributed by atoms with van der Waals surface area (Å²) in [4.78, 5) is 37.2. The third-order valence-electron chi connectivity index (χ3n) is 4.45. The standard InChI is InChI=1S/C22H20INO6S/c1-29-10-2-9-24-20(25)19(31-22(24)28)12-15-5-8-18(17(23)11-15)30-13-14-3-6-16(7-4-14)21(26)27/h3-8,11-12H,2,9-10,13H2,1H3,(H,26,27)/b19-12+. The average molecular weight is 553 g/mol. The summed E-state index contributed by atoms with van der Waals surface area (Å²) < 4.78 is 11.7. The molecule has 0 bridgehead atoms. The van der Waals surface area contributed by atoms with Crippen LogP contribution in [-0.4, -0.2) is 47.4 Å². The number of carboxylic acids is 1. The van der Waals surface area contributed by atoms with E-state index in [1.165, 1.54) is 17.0 Å². The number of halogens is 1. The fourth-order valence-electron chi connectivity index (χ4n) is 2.84. The van der Waals surface area contributed by atoms with Crippen molar-refractivity contribution in [3.8, 4) is 5.75 Å². The lowest BCUT2D eigenvalue weighted by atomic mass is 10.1. The van der Waals surface area contributed by atoms with Gasteiger partial charge in [-0.3, -0.25) is 14.5 Å². The van der Waals surface area contributed by atoms with E-state index in [1.54, 1.807) is 25.3 Å². The molecule has 2 aromatic carbocycles. The van der Waals surface area contributed by atoms with Crippen molar-refractivity contribution < 1.29 is 29.0 Å². The van der Waals surface area contributed by atoms with Crippen LogP contribution >= 0.6 is 34.4 Å². The minimum absolute atomic E-state index is 0.228. The largest absolute Gasteiger partial charge is 0.488 e. The summed E-state index contributed by atoms with van der Waals surface area (Å²) in [5.74, 6) is -0.579. The molecule has 1 aliphatic rings. The third-order valence-corrected chi connectivity index (χ3v) is 6.20. The first-order valence-electron chi connectivity index (χ1n) is 9.38. The van der Waals surface area contributed by atoms with Crippen molar-refractivity contribution in [2.45, 2.75) is 13.0 Å². The van der Waals surface area contributed by atoms with E-state index < -0.39 is 5.97 Å². The molecule has 1 aliphatic heterocycles. The van der Waals surface area contributed by atoms with E-state index in [9.17, 15) is 14.4 Å². The molecule has 2 aromatic rings. The third kappa shape index (κ3) is 6.08. The Bertz CT molecular complexity index is 1020. The summed E-state index contributed by atoms with van der Waals surface area (Å²) in [5.41, 5.74) is 1.88. The first-order valence-corrected chi connectivity index (χ1v) is 11.3. The zero-order chi connectivity index (χ0) is 22.4. The summed E-state index contributed by atoms with van der Waals surface area (Å²) in [7, 11) is 1.58. The molecule has 0 radical (unpaired) electrons. The van der Waals surface area contributed by atoms with E-state index in [2.05, 4.69) is 22.6 Å². The van der Waals surface area contributed by atoms with Gasteiger partial charge in [-0.15, -0.1) is 0 Å². The van der Waals surface area contributed by atoms with E-state index in [-0.39, 0.29) is 16.7 Å². The minimum atomic E-state index is -0.967. The first kappa shape index (κ1) is 23.3. The molecular weight excluding hydrogens is 533 g/mol. The number of thioether (sulfide) groups is 1. The maximum Gasteiger partial charge on any atom is 0.335 e. The lowest BCUT2D eigenvalue weighted by molar-refractivity contribution is -0.122. The maximum absolute atomic E-state index is 12.5. The van der Waals surface area contributed by atoms with Crippen LogP contribution in [0.3, 0.4) is 0 Å². The second-order valence-corrected chi connectivity index (χ2v) is 8.82. The minimum Gasteiger partial charge on any atom is -0.488 e. The Hall–Kier alpha value is -2.37. The average Bonchev–Trinajstić information content (AvgIpc) is 3.01. The van der Waals surface area contributed by atoms with Crippen molar-refractivity contribution in [2.24, 2.45) is 0 Å². The van der Waals surface area contributed by atoms with Gasteiger partial charge in [0.15, 0.2) is 0 Å². The van der Waals surface area contributed by atoms with Crippen molar-refractivity contribution in [2.75, 3.05) is 20.3 Å². The van der Waals surface area contributed by atoms with Crippen LogP contribution in [0.15, 0.2) is 47.4 Å². The monoisotopic (exact) mass is 553 g/mol. The number of hydrogen-bond donors (Lipinski definition) is 1. The van der Waals surface area contributed by atoms with Crippen LogP contribution in [0.25, 0.3) is 6.08 Å². The highest BCUT2D eigenvalue weighted by molar-refractivity contribution is 14.1. The quantitative estimate of drug-likeness (QED) is 0.275. The van der Waals surface area contributed by atoms with Gasteiger partial charge in [-0.1, -0.05) is 18.2 Å². The number of benzene rings is 2. The predicted octanol–water partition coefficient (Wildman–Crippen LogP) is 4.64. The number of carboxylic acid groups (broad SMARTS) is 1. The van der Waals surface area contributed by atoms with Crippen LogP contribution in [0, 0.1) is 3.57 Å². The number of carbonyl (C=O) groups excluding carboxylic acids is 2. The number of aromatic carboxylic acids is 1. The van der Waals surface area contributed by atoms with Crippen LogP contribution in [0.2, 0.25) is 0 Å². The number of ether oxygens (including phenoxy) is 2. The normalized spacial score (nSPS) is 15.0. The number of hydrogen-bond acceptors (Lipinski definition) is 6. The van der Waals surface area contributed by atoms with Crippen LogP contribution in [0.5, 0.6) is 5.75 Å². The fraction of sp³-hybridized carbons (Fsp3) is 0.227. The Morgan fingerprint density at radius 2 is 1.94 bits per heavy atom. The van der Waals surface area contributed by atoms with Crippen molar-refractivity contribution in [1.82, 2.24) is 4.90 Å². The lowest BCUT2D eigenvalue weighted by Crippen LogP contribution is -2.29. The molecule has 1 fully saturated rings. The van der Waals surface area contributed by atoms with Crippen LogP contribution < -0.4 is 4.74 Å². The Labute approximate surface area is 197 Å². The van der Waals surface area contributed by atoms with E-state index >= 15 is 0 Å². The Kier molecular flexibility index (Phi) is 8.10. The van der Waals surface area contributed by atoms with Gasteiger partial charge in [0.2, 0.25) is 0 Å². The number of nitrogens with zero attached hydrogens (tertiary/aromatic N) is 1. The van der Waals surface area contributed by atoms with Crippen LogP contribution in [0.1, 0.15) is 27.9 Å². The second kappa shape index (κ2) is 10.8. The molecule has 1 heterocycles. The summed E-state index contributed by atoms with van der Waals surface area (Å²) in [6.45, 7) is 1.13. The smallest absolute Gasteiger partial charge is 0.335 e. The van der Waals surface area contributed by atoms with E-state index in [0.29, 0.717) is 36.8 Å². The Balaban J connectivity index is 1.64. The highest BCUT2D eigenvalue weighted by Crippen LogP contribution is 2.33. The number of carbonyl (C=O) groups is 3. The Morgan fingerprint density at radius 1 is 1.19 bits per heavy atom. The summed E-state index contributed by atoms with van der Waals surface area (Å²) >= 11 is 3.09. The molecule has 0 atom stereocenters. The van der Waals surface area contributed by atoms with E-state index in [1.807, 2.05) is 18.2 Å². The number of rotatable bonds is 9. The van der Waals surface area contributed by atoms with Gasteiger partial charge >= 0.3 is 5.97 Å². The zero-order valence-corrected chi connectivity index (χ0v) is 19.6. The first-order chi connectivity index (χ1) is 14.9. The SMILES string of the molecule is COCCCN1C(=O)S/C(=C/c2ccc(OCc3ccc(C(=O)O)cc3)c(I)c2)C1=O. The second-order valence-electron chi connectivity index (χ2n) is 6.66. The number of imide groups is 1. The summed E-state index contributed by atoms with van der Waals surface area (Å²) in [6.07, 6.45) is 2.31. The topological polar surface area (TPSA) is 93.1 Å². The number of methoxy groups -OCH3 is 1. The van der Waals surface area contributed by atoms with Crippen LogP contribution in [0.4, 0.5) is 4.79 Å². The molecular formula is C22H20INO6S. The van der Waals surface area contributed by atoms with Gasteiger partial charge in [-0.05, 0) is 82.2 Å². The molecule has 31 heavy (non-hydrogen) atoms. The molecule has 3 rings (SSSR count). The molecule has 0 saturated carbocycles. The highest BCUT2D eigenvalue weighted by atomic mass is 127. The predicted molar refractivity (Wildman–Crippen MR) is 126 cm³/mol. The summed E-state index contributed by atoms with van der Waals surface area (Å²) in [5, 5.41) is 8.69. The van der Waals surface area contributed by atoms with Gasteiger partial charge < -0.3 is 14.6 Å². The van der Waals surface area contributed by atoms with Gasteiger partial charge in [-0.25, -0.2) is 4.79 Å². The van der Waals surface area contributed by atoms with Gasteiger partial charge in [0.05, 0.1) is 14.0 Å². The van der Waals surface area contributed by atoms with E-state index in [4.69, 9.17) is 14.6 Å². The maximum atomic E-state index is 12.5. The Morgan fingerprint density at radius 3 is 2.58 bits per heavy atom. The molecule has 2 amide bonds. The highest BCUT2D eigenvalue weighted by Gasteiger charge is 2.34. The van der Waals surface area contributed by atoms with E-state index in [0.717, 1.165) is 26.5 Å². The number of amides is 2. The van der Waals surface area contributed by atoms with Crippen LogP contribution in [-0.2, 0) is 16.1 Å².